The lowest BCUT2D eigenvalue weighted by Crippen LogP contribution is -2.30. The van der Waals surface area contributed by atoms with E-state index in [1.54, 1.807) is 0 Å². The van der Waals surface area contributed by atoms with Crippen LogP contribution in [0.25, 0.3) is 0 Å². The Bertz CT molecular complexity index is 1480. The molecule has 0 aliphatic carbocycles. The zero-order chi connectivity index (χ0) is 54.3. The fourth-order valence-corrected chi connectivity index (χ4v) is 8.79. The molecule has 0 saturated heterocycles. The smallest absolute Gasteiger partial charge is 0.306 e. The number of carbonyl (C=O) groups excluding carboxylic acids is 3. The fraction of sp³-hybridized carbons (Fsp3) is 0.725. The summed E-state index contributed by atoms with van der Waals surface area (Å²) in [5.41, 5.74) is 0. The molecule has 0 bridgehead atoms. The lowest BCUT2D eigenvalue weighted by Gasteiger charge is -2.18. The highest BCUT2D eigenvalue weighted by molar-refractivity contribution is 5.71. The van der Waals surface area contributed by atoms with E-state index in [-0.39, 0.29) is 31.1 Å². The van der Waals surface area contributed by atoms with Crippen molar-refractivity contribution >= 4 is 17.9 Å². The number of hydrogen-bond donors (Lipinski definition) is 0. The normalized spacial score (nSPS) is 12.7. The summed E-state index contributed by atoms with van der Waals surface area (Å²) in [4.78, 5) is 38.3. The number of allylic oxidation sites excluding steroid dienone is 16. The molecule has 0 fully saturated rings. The van der Waals surface area contributed by atoms with E-state index in [0.29, 0.717) is 19.3 Å². The van der Waals surface area contributed by atoms with Gasteiger partial charge in [0.25, 0.3) is 0 Å². The quantitative estimate of drug-likeness (QED) is 0.0261. The van der Waals surface area contributed by atoms with Crippen molar-refractivity contribution < 1.29 is 28.6 Å². The zero-order valence-corrected chi connectivity index (χ0v) is 49.3. The minimum atomic E-state index is -0.804. The van der Waals surface area contributed by atoms with Crippen molar-refractivity contribution in [2.75, 3.05) is 13.2 Å². The van der Waals surface area contributed by atoms with E-state index in [9.17, 15) is 14.4 Å². The maximum absolute atomic E-state index is 12.9. The van der Waals surface area contributed by atoms with Gasteiger partial charge in [-0.2, -0.15) is 0 Å². The van der Waals surface area contributed by atoms with Crippen molar-refractivity contribution in [3.63, 3.8) is 0 Å². The van der Waals surface area contributed by atoms with Crippen molar-refractivity contribution in [1.82, 2.24) is 0 Å². The molecule has 0 saturated carbocycles. The van der Waals surface area contributed by atoms with Gasteiger partial charge in [-0.25, -0.2) is 0 Å². The van der Waals surface area contributed by atoms with Gasteiger partial charge in [0.2, 0.25) is 0 Å². The van der Waals surface area contributed by atoms with Crippen LogP contribution in [0, 0.1) is 0 Å². The Kier molecular flexibility index (Phi) is 59.8. The van der Waals surface area contributed by atoms with Gasteiger partial charge in [-0.15, -0.1) is 0 Å². The highest BCUT2D eigenvalue weighted by atomic mass is 16.6. The van der Waals surface area contributed by atoms with Gasteiger partial charge in [0, 0.05) is 19.3 Å². The van der Waals surface area contributed by atoms with E-state index in [1.807, 2.05) is 0 Å². The molecule has 6 heteroatoms. The predicted molar refractivity (Wildman–Crippen MR) is 325 cm³/mol. The van der Waals surface area contributed by atoms with Crippen LogP contribution >= 0.6 is 0 Å². The van der Waals surface area contributed by atoms with Crippen LogP contribution in [0.4, 0.5) is 0 Å². The second-order valence-electron chi connectivity index (χ2n) is 20.9. The Balaban J connectivity index is 4.40. The first-order chi connectivity index (χ1) is 37.0. The lowest BCUT2D eigenvalue weighted by molar-refractivity contribution is -0.167. The van der Waals surface area contributed by atoms with Gasteiger partial charge in [0.05, 0.1) is 0 Å². The highest BCUT2D eigenvalue weighted by Crippen LogP contribution is 2.16. The Morgan fingerprint density at radius 2 is 0.520 bits per heavy atom. The molecule has 0 aromatic carbocycles. The summed E-state index contributed by atoms with van der Waals surface area (Å²) < 4.78 is 16.9. The van der Waals surface area contributed by atoms with Crippen molar-refractivity contribution in [1.29, 1.82) is 0 Å². The second kappa shape index (κ2) is 62.9. The van der Waals surface area contributed by atoms with Crippen LogP contribution in [0.1, 0.15) is 303 Å². The van der Waals surface area contributed by atoms with E-state index in [2.05, 4.69) is 118 Å². The average molecular weight is 1040 g/mol. The van der Waals surface area contributed by atoms with Crippen molar-refractivity contribution in [2.24, 2.45) is 0 Å². The Labute approximate surface area is 464 Å². The summed E-state index contributed by atoms with van der Waals surface area (Å²) in [6.45, 7) is 6.48. The summed E-state index contributed by atoms with van der Waals surface area (Å²) in [5, 5.41) is 0. The van der Waals surface area contributed by atoms with Crippen molar-refractivity contribution in [3.05, 3.63) is 97.2 Å². The molecule has 0 spiro atoms. The average Bonchev–Trinajstić information content (AvgIpc) is 3.41. The zero-order valence-electron chi connectivity index (χ0n) is 49.3. The summed E-state index contributed by atoms with van der Waals surface area (Å²) in [5.74, 6) is -0.945. The molecule has 430 valence electrons. The van der Waals surface area contributed by atoms with Gasteiger partial charge in [-0.3, -0.25) is 14.4 Å². The third kappa shape index (κ3) is 61.1. The first-order valence-electron chi connectivity index (χ1n) is 31.7. The maximum atomic E-state index is 12.9. The van der Waals surface area contributed by atoms with Crippen LogP contribution in [-0.4, -0.2) is 37.2 Å². The number of ether oxygens (including phenoxy) is 3. The van der Waals surface area contributed by atoms with Crippen LogP contribution in [0.15, 0.2) is 97.2 Å². The SMILES string of the molecule is CC/C=C\C/C=C\C/C=C\C/C=C\CCCCC(=O)OCC(COC(=O)CCCCCCCCCCCCC/C=C\CCCCCCCCCC)OC(=O)CCCCCCCC/C=C\C/C=C\C/C=C\CCCCC. The molecule has 0 heterocycles. The van der Waals surface area contributed by atoms with Gasteiger partial charge in [0.1, 0.15) is 13.2 Å². The first kappa shape index (κ1) is 71.3. The minimum absolute atomic E-state index is 0.0962. The van der Waals surface area contributed by atoms with Gasteiger partial charge in [-0.05, 0) is 122 Å². The van der Waals surface area contributed by atoms with Gasteiger partial charge >= 0.3 is 17.9 Å². The van der Waals surface area contributed by atoms with Crippen LogP contribution < -0.4 is 0 Å². The lowest BCUT2D eigenvalue weighted by atomic mass is 10.0. The van der Waals surface area contributed by atoms with Crippen LogP contribution in [-0.2, 0) is 28.6 Å². The van der Waals surface area contributed by atoms with Gasteiger partial charge in [-0.1, -0.05) is 259 Å². The van der Waals surface area contributed by atoms with E-state index in [0.717, 1.165) is 109 Å². The Morgan fingerprint density at radius 3 is 0.880 bits per heavy atom. The first-order valence-corrected chi connectivity index (χ1v) is 31.7. The minimum Gasteiger partial charge on any atom is -0.462 e. The Hall–Kier alpha value is -3.67. The highest BCUT2D eigenvalue weighted by Gasteiger charge is 2.19. The monoisotopic (exact) mass is 1040 g/mol. The summed E-state index contributed by atoms with van der Waals surface area (Å²) in [6.07, 6.45) is 84.1. The van der Waals surface area contributed by atoms with Crippen LogP contribution in [0.5, 0.6) is 0 Å². The molecule has 0 aliphatic rings. The number of hydrogen-bond acceptors (Lipinski definition) is 6. The molecule has 0 N–H and O–H groups in total. The van der Waals surface area contributed by atoms with Crippen molar-refractivity contribution in [3.8, 4) is 0 Å². The number of esters is 3. The molecule has 75 heavy (non-hydrogen) atoms. The summed E-state index contributed by atoms with van der Waals surface area (Å²) in [6, 6.07) is 0. The number of carbonyl (C=O) groups is 3. The Morgan fingerprint density at radius 1 is 0.280 bits per heavy atom. The molecule has 0 aliphatic heterocycles. The summed E-state index contributed by atoms with van der Waals surface area (Å²) in [7, 11) is 0. The van der Waals surface area contributed by atoms with Crippen LogP contribution in [0.2, 0.25) is 0 Å². The van der Waals surface area contributed by atoms with E-state index >= 15 is 0 Å². The third-order valence-electron chi connectivity index (χ3n) is 13.5. The van der Waals surface area contributed by atoms with Crippen LogP contribution in [0.3, 0.4) is 0 Å². The molecule has 0 rings (SSSR count). The number of unbranched alkanes of at least 4 members (excludes halogenated alkanes) is 30. The number of rotatable bonds is 57. The third-order valence-corrected chi connectivity index (χ3v) is 13.5. The topological polar surface area (TPSA) is 78.9 Å². The molecular weight excluding hydrogens is 925 g/mol. The maximum Gasteiger partial charge on any atom is 0.306 e. The van der Waals surface area contributed by atoms with Crippen molar-refractivity contribution in [2.45, 2.75) is 309 Å². The summed E-state index contributed by atoms with van der Waals surface area (Å²) >= 11 is 0. The van der Waals surface area contributed by atoms with Gasteiger partial charge < -0.3 is 14.2 Å². The predicted octanol–water partition coefficient (Wildman–Crippen LogP) is 21.7. The largest absolute Gasteiger partial charge is 0.462 e. The molecule has 1 unspecified atom stereocenters. The fourth-order valence-electron chi connectivity index (χ4n) is 8.79. The molecular formula is C69H118O6. The molecule has 0 radical (unpaired) electrons. The standard InChI is InChI=1S/C69H118O6/c1-4-7-10-13-16-19-22-25-28-30-32-33-34-35-37-38-41-44-47-50-53-56-59-62-68(71)74-65-66(64-73-67(70)61-58-55-52-49-46-43-40-27-24-21-18-15-12-9-6-3)75-69(72)63-60-57-54-51-48-45-42-39-36-31-29-26-23-20-17-14-11-8-5-2/h9,12,17-18,20-21,26-27,29-30,32,36,39-40,46,49,66H,4-8,10-11,13-16,19,22-25,28,31,33-35,37-38,41-45,47-48,50-65H2,1-3H3/b12-9-,20-17-,21-18-,29-26-,32-30-,39-36-,40-27-,49-46-. The molecule has 6 nitrogen and oxygen atoms in total. The van der Waals surface area contributed by atoms with E-state index in [4.69, 9.17) is 14.2 Å². The van der Waals surface area contributed by atoms with E-state index in [1.165, 1.54) is 154 Å². The van der Waals surface area contributed by atoms with E-state index < -0.39 is 6.10 Å². The van der Waals surface area contributed by atoms with Gasteiger partial charge in [0.15, 0.2) is 6.10 Å². The molecule has 0 aromatic rings. The molecule has 1 atom stereocenters. The molecule has 0 amide bonds. The second-order valence-corrected chi connectivity index (χ2v) is 20.9. The molecule has 0 aromatic heterocycles.